The second-order valence-electron chi connectivity index (χ2n) is 6.55. The zero-order chi connectivity index (χ0) is 19.1. The molecule has 4 rings (SSSR count). The number of amides is 3. The Hall–Kier alpha value is -3.06. The smallest absolute Gasteiger partial charge is 0.261 e. The van der Waals surface area contributed by atoms with Crippen molar-refractivity contribution in [2.75, 3.05) is 11.9 Å². The quantitative estimate of drug-likeness (QED) is 0.703. The van der Waals surface area contributed by atoms with Gasteiger partial charge < -0.3 is 5.32 Å². The summed E-state index contributed by atoms with van der Waals surface area (Å²) in [5.74, 6) is -0.982. The number of thiazole rings is 1. The van der Waals surface area contributed by atoms with Gasteiger partial charge in [0, 0.05) is 13.0 Å². The fourth-order valence-electron chi connectivity index (χ4n) is 3.26. The van der Waals surface area contributed by atoms with E-state index in [1.54, 1.807) is 24.3 Å². The molecule has 0 unspecified atom stereocenters. The average molecular weight is 379 g/mol. The number of fused-ring (bicyclic) bond motifs is 2. The summed E-state index contributed by atoms with van der Waals surface area (Å²) >= 11 is 1.41. The van der Waals surface area contributed by atoms with E-state index in [1.807, 2.05) is 19.9 Å². The molecule has 0 saturated heterocycles. The summed E-state index contributed by atoms with van der Waals surface area (Å²) < 4.78 is 1.02. The van der Waals surface area contributed by atoms with Crippen molar-refractivity contribution in [2.24, 2.45) is 0 Å². The van der Waals surface area contributed by atoms with Crippen molar-refractivity contribution in [1.29, 1.82) is 0 Å². The third kappa shape index (κ3) is 3.10. The van der Waals surface area contributed by atoms with Crippen molar-refractivity contribution in [1.82, 2.24) is 9.88 Å². The van der Waals surface area contributed by atoms with Gasteiger partial charge >= 0.3 is 0 Å². The maximum atomic E-state index is 12.3. The molecule has 27 heavy (non-hydrogen) atoms. The topological polar surface area (TPSA) is 79.4 Å². The molecule has 0 atom stereocenters. The molecule has 0 bridgehead atoms. The number of anilines is 1. The van der Waals surface area contributed by atoms with E-state index in [-0.39, 0.29) is 30.7 Å². The van der Waals surface area contributed by atoms with E-state index in [9.17, 15) is 14.4 Å². The van der Waals surface area contributed by atoms with Crippen molar-refractivity contribution in [2.45, 2.75) is 20.3 Å². The Labute approximate surface area is 159 Å². The lowest BCUT2D eigenvalue weighted by Crippen LogP contribution is -2.32. The second-order valence-corrected chi connectivity index (χ2v) is 7.58. The van der Waals surface area contributed by atoms with Gasteiger partial charge in [-0.15, -0.1) is 0 Å². The lowest BCUT2D eigenvalue weighted by atomic mass is 10.1. The summed E-state index contributed by atoms with van der Waals surface area (Å²) in [7, 11) is 0. The molecule has 2 aromatic carbocycles. The van der Waals surface area contributed by atoms with Crippen LogP contribution in [0.5, 0.6) is 0 Å². The molecule has 1 aromatic heterocycles. The van der Waals surface area contributed by atoms with Crippen LogP contribution in [0.25, 0.3) is 10.2 Å². The van der Waals surface area contributed by atoms with Gasteiger partial charge in [-0.1, -0.05) is 29.5 Å². The first-order chi connectivity index (χ1) is 12.9. The number of carbonyl (C=O) groups is 3. The number of nitrogens with zero attached hydrogens (tertiary/aromatic N) is 2. The number of rotatable bonds is 4. The molecule has 3 aromatic rings. The van der Waals surface area contributed by atoms with Gasteiger partial charge in [0.15, 0.2) is 5.13 Å². The minimum absolute atomic E-state index is 0.0272. The molecular formula is C20H17N3O3S. The van der Waals surface area contributed by atoms with Crippen LogP contribution < -0.4 is 5.32 Å². The Morgan fingerprint density at radius 3 is 2.44 bits per heavy atom. The van der Waals surface area contributed by atoms with Gasteiger partial charge in [-0.05, 0) is 43.2 Å². The maximum Gasteiger partial charge on any atom is 0.261 e. The van der Waals surface area contributed by atoms with Gasteiger partial charge in [0.25, 0.3) is 11.8 Å². The van der Waals surface area contributed by atoms with E-state index in [1.165, 1.54) is 11.3 Å². The van der Waals surface area contributed by atoms with Crippen LogP contribution in [0.3, 0.4) is 0 Å². The first kappa shape index (κ1) is 17.4. The fourth-order valence-corrected chi connectivity index (χ4v) is 4.32. The van der Waals surface area contributed by atoms with E-state index < -0.39 is 0 Å². The van der Waals surface area contributed by atoms with E-state index in [0.717, 1.165) is 26.2 Å². The number of aromatic nitrogens is 1. The third-order valence-corrected chi connectivity index (χ3v) is 5.43. The summed E-state index contributed by atoms with van der Waals surface area (Å²) in [6, 6.07) is 10.8. The molecule has 2 heterocycles. The third-order valence-electron chi connectivity index (χ3n) is 4.52. The van der Waals surface area contributed by atoms with Crippen LogP contribution in [-0.4, -0.2) is 34.2 Å². The lowest BCUT2D eigenvalue weighted by Gasteiger charge is -2.12. The number of imide groups is 1. The van der Waals surface area contributed by atoms with Crippen LogP contribution in [0.1, 0.15) is 38.3 Å². The highest BCUT2D eigenvalue weighted by atomic mass is 32.1. The van der Waals surface area contributed by atoms with Gasteiger partial charge in [-0.2, -0.15) is 0 Å². The van der Waals surface area contributed by atoms with E-state index in [2.05, 4.69) is 16.4 Å². The van der Waals surface area contributed by atoms with Gasteiger partial charge in [0.05, 0.1) is 21.3 Å². The predicted molar refractivity (Wildman–Crippen MR) is 104 cm³/mol. The predicted octanol–water partition coefficient (Wildman–Crippen LogP) is 3.54. The molecule has 1 aliphatic heterocycles. The van der Waals surface area contributed by atoms with Crippen LogP contribution in [0, 0.1) is 13.8 Å². The molecule has 1 aliphatic rings. The van der Waals surface area contributed by atoms with Gasteiger partial charge in [-0.3, -0.25) is 19.3 Å². The fraction of sp³-hybridized carbons (Fsp3) is 0.200. The summed E-state index contributed by atoms with van der Waals surface area (Å²) in [6.45, 7) is 4.05. The number of aryl methyl sites for hydroxylation is 2. The number of carbonyl (C=O) groups excluding carboxylic acids is 3. The van der Waals surface area contributed by atoms with E-state index in [0.29, 0.717) is 16.3 Å². The van der Waals surface area contributed by atoms with Crippen molar-refractivity contribution >= 4 is 44.4 Å². The number of hydrogen-bond acceptors (Lipinski definition) is 5. The first-order valence-corrected chi connectivity index (χ1v) is 9.38. The standard InChI is InChI=1S/C20H17N3O3S/c1-11-9-12(2)17-15(10-11)27-20(22-17)21-16(24)7-8-23-18(25)13-5-3-4-6-14(13)19(23)26/h3-6,9-10H,7-8H2,1-2H3,(H,21,22,24). The van der Waals surface area contributed by atoms with Crippen molar-refractivity contribution in [3.63, 3.8) is 0 Å². The van der Waals surface area contributed by atoms with Crippen molar-refractivity contribution in [3.8, 4) is 0 Å². The van der Waals surface area contributed by atoms with Crippen LogP contribution >= 0.6 is 11.3 Å². The molecule has 0 spiro atoms. The SMILES string of the molecule is Cc1cc(C)c2nc(NC(=O)CCN3C(=O)c4ccccc4C3=O)sc2c1. The Morgan fingerprint density at radius 2 is 1.78 bits per heavy atom. The molecule has 0 saturated carbocycles. The highest BCUT2D eigenvalue weighted by molar-refractivity contribution is 7.22. The highest BCUT2D eigenvalue weighted by Crippen LogP contribution is 2.29. The number of nitrogens with one attached hydrogen (secondary N) is 1. The molecule has 3 amide bonds. The highest BCUT2D eigenvalue weighted by Gasteiger charge is 2.34. The van der Waals surface area contributed by atoms with Crippen LogP contribution in [-0.2, 0) is 4.79 Å². The average Bonchev–Trinajstić information content (AvgIpc) is 3.13. The molecule has 7 heteroatoms. The zero-order valence-electron chi connectivity index (χ0n) is 14.9. The van der Waals surface area contributed by atoms with E-state index in [4.69, 9.17) is 0 Å². The maximum absolute atomic E-state index is 12.3. The Balaban J connectivity index is 1.43. The summed E-state index contributed by atoms with van der Waals surface area (Å²) in [4.78, 5) is 42.5. The molecule has 136 valence electrons. The van der Waals surface area contributed by atoms with Gasteiger partial charge in [-0.25, -0.2) is 4.98 Å². The Bertz CT molecular complexity index is 1070. The van der Waals surface area contributed by atoms with Crippen molar-refractivity contribution < 1.29 is 14.4 Å². The second kappa shape index (κ2) is 6.59. The summed E-state index contributed by atoms with van der Waals surface area (Å²) in [6.07, 6.45) is 0.0272. The van der Waals surface area contributed by atoms with E-state index >= 15 is 0 Å². The summed E-state index contributed by atoms with van der Waals surface area (Å²) in [5, 5.41) is 3.29. The lowest BCUT2D eigenvalue weighted by molar-refractivity contribution is -0.116. The molecular weight excluding hydrogens is 362 g/mol. The minimum Gasteiger partial charge on any atom is -0.302 e. The molecule has 0 fully saturated rings. The monoisotopic (exact) mass is 379 g/mol. The molecule has 1 N–H and O–H groups in total. The number of benzene rings is 2. The molecule has 0 radical (unpaired) electrons. The normalized spacial score (nSPS) is 13.3. The minimum atomic E-state index is -0.352. The summed E-state index contributed by atoms with van der Waals surface area (Å²) in [5.41, 5.74) is 3.86. The van der Waals surface area contributed by atoms with Crippen molar-refractivity contribution in [3.05, 3.63) is 58.7 Å². The number of hydrogen-bond donors (Lipinski definition) is 1. The van der Waals surface area contributed by atoms with Gasteiger partial charge in [0.2, 0.25) is 5.91 Å². The first-order valence-electron chi connectivity index (χ1n) is 8.57. The molecule has 0 aliphatic carbocycles. The van der Waals surface area contributed by atoms with Gasteiger partial charge in [0.1, 0.15) is 0 Å². The van der Waals surface area contributed by atoms with Crippen LogP contribution in [0.4, 0.5) is 5.13 Å². The Morgan fingerprint density at radius 1 is 1.11 bits per heavy atom. The zero-order valence-corrected chi connectivity index (χ0v) is 15.7. The largest absolute Gasteiger partial charge is 0.302 e. The molecule has 6 nitrogen and oxygen atoms in total. The van der Waals surface area contributed by atoms with Crippen LogP contribution in [0.2, 0.25) is 0 Å². The Kier molecular flexibility index (Phi) is 4.24. The van der Waals surface area contributed by atoms with Crippen LogP contribution in [0.15, 0.2) is 36.4 Å².